The van der Waals surface area contributed by atoms with Gasteiger partial charge in [-0.3, -0.25) is 15.0 Å². The Labute approximate surface area is 157 Å². The van der Waals surface area contributed by atoms with E-state index in [-0.39, 0.29) is 10.5 Å². The number of H-pyrrole nitrogens is 1. The van der Waals surface area contributed by atoms with Crippen LogP contribution < -0.4 is 15.8 Å². The second-order valence-electron chi connectivity index (χ2n) is 5.51. The second kappa shape index (κ2) is 7.02. The topological polar surface area (TPSA) is 108 Å². The minimum absolute atomic E-state index is 0.0230. The van der Waals surface area contributed by atoms with Crippen LogP contribution in [0.3, 0.4) is 0 Å². The monoisotopic (exact) mass is 435 g/mol. The van der Waals surface area contributed by atoms with E-state index in [4.69, 9.17) is 0 Å². The molecule has 3 aromatic rings. The van der Waals surface area contributed by atoms with Crippen molar-refractivity contribution in [3.8, 4) is 0 Å². The number of amides is 1. The van der Waals surface area contributed by atoms with Gasteiger partial charge in [0.05, 0.1) is 4.90 Å². The zero-order valence-corrected chi connectivity index (χ0v) is 15.9. The summed E-state index contributed by atoms with van der Waals surface area (Å²) in [4.78, 5) is 29.2. The summed E-state index contributed by atoms with van der Waals surface area (Å²) in [6.07, 6.45) is 0. The number of para-hydroxylation sites is 1. The summed E-state index contributed by atoms with van der Waals surface area (Å²) < 4.78 is 25.2. The smallest absolute Gasteiger partial charge is 0.272 e. The van der Waals surface area contributed by atoms with Crippen molar-refractivity contribution in [1.29, 1.82) is 0 Å². The van der Waals surface area contributed by atoms with Crippen molar-refractivity contribution in [2.24, 2.45) is 0 Å². The van der Waals surface area contributed by atoms with Gasteiger partial charge in [-0.05, 0) is 42.8 Å². The van der Waals surface area contributed by atoms with Crippen LogP contribution in [0.15, 0.2) is 62.7 Å². The third-order valence-corrected chi connectivity index (χ3v) is 5.62. The number of benzene rings is 2. The number of carbonyl (C=O) groups excluding carboxylic acids is 1. The maximum Gasteiger partial charge on any atom is 0.272 e. The minimum Gasteiger partial charge on any atom is -0.321 e. The van der Waals surface area contributed by atoms with Gasteiger partial charge >= 0.3 is 0 Å². The lowest BCUT2D eigenvalue weighted by atomic mass is 10.0. The Morgan fingerprint density at radius 1 is 1.08 bits per heavy atom. The molecular weight excluding hydrogens is 422 g/mol. The molecule has 0 saturated carbocycles. The Morgan fingerprint density at radius 2 is 1.73 bits per heavy atom. The number of aromatic nitrogens is 1. The van der Waals surface area contributed by atoms with Crippen LogP contribution in [0, 0.1) is 6.92 Å². The summed E-state index contributed by atoms with van der Waals surface area (Å²) in [5.74, 6) is -0.838. The fourth-order valence-corrected chi connectivity index (χ4v) is 3.63. The number of pyridine rings is 1. The van der Waals surface area contributed by atoms with E-state index in [0.29, 0.717) is 16.5 Å². The van der Waals surface area contributed by atoms with Crippen molar-refractivity contribution in [3.63, 3.8) is 0 Å². The van der Waals surface area contributed by atoms with E-state index in [1.165, 1.54) is 12.1 Å². The third-order valence-electron chi connectivity index (χ3n) is 3.83. The molecule has 0 bridgehead atoms. The average molecular weight is 436 g/mol. The number of sulfonamides is 1. The highest BCUT2D eigenvalue weighted by molar-refractivity contribution is 9.10. The molecule has 0 radical (unpaired) electrons. The zero-order valence-electron chi connectivity index (χ0n) is 13.5. The van der Waals surface area contributed by atoms with Crippen LogP contribution in [0.25, 0.3) is 10.9 Å². The van der Waals surface area contributed by atoms with Crippen molar-refractivity contribution in [2.45, 2.75) is 11.8 Å². The molecular formula is C17H14BrN3O4S. The molecule has 1 aromatic heterocycles. The van der Waals surface area contributed by atoms with Crippen LogP contribution in [0.4, 0.5) is 0 Å². The first-order valence-electron chi connectivity index (χ1n) is 7.49. The number of aromatic amines is 1. The highest BCUT2D eigenvalue weighted by Crippen LogP contribution is 2.17. The van der Waals surface area contributed by atoms with E-state index in [0.717, 1.165) is 4.47 Å². The Hall–Kier alpha value is -2.49. The lowest BCUT2D eigenvalue weighted by Gasteiger charge is -2.11. The molecule has 1 amide bonds. The molecule has 0 aliphatic rings. The molecule has 2 aromatic carbocycles. The van der Waals surface area contributed by atoms with Gasteiger partial charge in [0.2, 0.25) is 0 Å². The number of hydrogen-bond donors (Lipinski definition) is 3. The van der Waals surface area contributed by atoms with Crippen LogP contribution >= 0.6 is 15.9 Å². The van der Waals surface area contributed by atoms with Crippen molar-refractivity contribution < 1.29 is 13.2 Å². The molecule has 0 atom stereocenters. The lowest BCUT2D eigenvalue weighted by molar-refractivity contribution is 0.0943. The number of carbonyl (C=O) groups is 1. The summed E-state index contributed by atoms with van der Waals surface area (Å²) in [5, 5.41) is 0.702. The minimum atomic E-state index is -3.96. The van der Waals surface area contributed by atoms with Gasteiger partial charge in [0.1, 0.15) is 5.56 Å². The molecule has 1 heterocycles. The number of rotatable bonds is 4. The van der Waals surface area contributed by atoms with Crippen LogP contribution in [-0.2, 0) is 10.0 Å². The number of aryl methyl sites for hydroxylation is 1. The fraction of sp³-hybridized carbons (Fsp3) is 0.0588. The molecule has 0 aliphatic heterocycles. The van der Waals surface area contributed by atoms with Crippen LogP contribution in [0.2, 0.25) is 0 Å². The molecule has 0 spiro atoms. The predicted molar refractivity (Wildman–Crippen MR) is 101 cm³/mol. The molecule has 3 rings (SSSR count). The summed E-state index contributed by atoms with van der Waals surface area (Å²) >= 11 is 3.22. The van der Waals surface area contributed by atoms with E-state index in [2.05, 4.69) is 26.3 Å². The molecule has 3 N–H and O–H groups in total. The number of fused-ring (bicyclic) bond motifs is 1. The summed E-state index contributed by atoms with van der Waals surface area (Å²) in [5.41, 5.74) is 2.41. The fourth-order valence-electron chi connectivity index (χ4n) is 2.53. The van der Waals surface area contributed by atoms with Gasteiger partial charge in [-0.15, -0.1) is 4.83 Å². The van der Waals surface area contributed by atoms with E-state index in [1.54, 1.807) is 43.3 Å². The van der Waals surface area contributed by atoms with Crippen molar-refractivity contribution >= 4 is 42.8 Å². The molecule has 0 aliphatic carbocycles. The highest BCUT2D eigenvalue weighted by atomic mass is 79.9. The van der Waals surface area contributed by atoms with Gasteiger partial charge < -0.3 is 4.98 Å². The molecule has 0 unspecified atom stereocenters. The standard InChI is InChI=1S/C17H14BrN3O4S/c1-10-13-4-2-3-5-14(13)19-16(22)15(10)17(23)20-21-26(24,25)12-8-6-11(18)7-9-12/h2-9,21H,1H3,(H,19,22)(H,20,23). The highest BCUT2D eigenvalue weighted by Gasteiger charge is 2.20. The number of halogens is 1. The Morgan fingerprint density at radius 3 is 2.42 bits per heavy atom. The van der Waals surface area contributed by atoms with Gasteiger partial charge in [-0.25, -0.2) is 8.42 Å². The van der Waals surface area contributed by atoms with Crippen LogP contribution in [0.5, 0.6) is 0 Å². The first-order chi connectivity index (χ1) is 12.3. The Balaban J connectivity index is 1.88. The van der Waals surface area contributed by atoms with Crippen molar-refractivity contribution in [2.75, 3.05) is 0 Å². The van der Waals surface area contributed by atoms with Crippen molar-refractivity contribution in [1.82, 2.24) is 15.2 Å². The van der Waals surface area contributed by atoms with Gasteiger partial charge in [-0.2, -0.15) is 0 Å². The largest absolute Gasteiger partial charge is 0.321 e. The molecule has 7 nitrogen and oxygen atoms in total. The van der Waals surface area contributed by atoms with E-state index in [9.17, 15) is 18.0 Å². The number of hydrogen-bond acceptors (Lipinski definition) is 4. The Bertz CT molecular complexity index is 1150. The first kappa shape index (κ1) is 18.3. The molecule has 9 heteroatoms. The van der Waals surface area contributed by atoms with Gasteiger partial charge in [0.15, 0.2) is 0 Å². The first-order valence-corrected chi connectivity index (χ1v) is 9.76. The predicted octanol–water partition coefficient (Wildman–Crippen LogP) is 2.22. The van der Waals surface area contributed by atoms with E-state index in [1.807, 2.05) is 4.83 Å². The van der Waals surface area contributed by atoms with Crippen molar-refractivity contribution in [3.05, 3.63) is 74.5 Å². The quantitative estimate of drug-likeness (QED) is 0.545. The normalized spacial score (nSPS) is 11.5. The number of nitrogens with one attached hydrogen (secondary N) is 3. The molecule has 0 fully saturated rings. The summed E-state index contributed by atoms with van der Waals surface area (Å²) in [7, 11) is -3.96. The second-order valence-corrected chi connectivity index (χ2v) is 8.11. The van der Waals surface area contributed by atoms with E-state index >= 15 is 0 Å². The summed E-state index contributed by atoms with van der Waals surface area (Å²) in [6.45, 7) is 1.63. The lowest BCUT2D eigenvalue weighted by Crippen LogP contribution is -2.43. The number of hydrazine groups is 1. The van der Waals surface area contributed by atoms with E-state index < -0.39 is 21.5 Å². The maximum atomic E-state index is 12.4. The third kappa shape index (κ3) is 3.55. The maximum absolute atomic E-state index is 12.4. The van der Waals surface area contributed by atoms with Crippen LogP contribution in [-0.4, -0.2) is 19.3 Å². The SMILES string of the molecule is Cc1c(C(=O)NNS(=O)(=O)c2ccc(Br)cc2)c(=O)[nH]c2ccccc12. The van der Waals surface area contributed by atoms with Gasteiger partial charge in [0, 0.05) is 15.4 Å². The molecule has 0 saturated heterocycles. The molecule has 26 heavy (non-hydrogen) atoms. The van der Waals surface area contributed by atoms with Gasteiger partial charge in [0.25, 0.3) is 21.5 Å². The Kier molecular flexibility index (Phi) is 4.94. The molecule has 134 valence electrons. The average Bonchev–Trinajstić information content (AvgIpc) is 2.60. The zero-order chi connectivity index (χ0) is 18.9. The van der Waals surface area contributed by atoms with Crippen LogP contribution in [0.1, 0.15) is 15.9 Å². The summed E-state index contributed by atoms with van der Waals surface area (Å²) in [6, 6.07) is 12.9. The van der Waals surface area contributed by atoms with Gasteiger partial charge in [-0.1, -0.05) is 34.1 Å².